The summed E-state index contributed by atoms with van der Waals surface area (Å²) in [5.41, 5.74) is 0.701. The minimum Gasteiger partial charge on any atom is -0.462 e. The molecule has 1 aromatic heterocycles. The van der Waals surface area contributed by atoms with Gasteiger partial charge in [-0.2, -0.15) is 0 Å². The predicted molar refractivity (Wildman–Crippen MR) is 94.1 cm³/mol. The number of hydrogen-bond acceptors (Lipinski definition) is 4. The molecule has 0 spiro atoms. The fraction of sp³-hybridized carbons (Fsp3) is 0.667. The first-order chi connectivity index (χ1) is 10.7. The molecule has 1 aromatic rings. The SMILES string of the molecule is CCOC(=O)c1cc([C@@H](C)CC(C)(C)C)sc1NC(=O)C1CC1. The van der Waals surface area contributed by atoms with Crippen LogP contribution in [0.4, 0.5) is 5.00 Å². The first kappa shape index (κ1) is 18.0. The highest BCUT2D eigenvalue weighted by atomic mass is 32.1. The number of thiophene rings is 1. The molecule has 2 rings (SSSR count). The molecule has 0 aromatic carbocycles. The van der Waals surface area contributed by atoms with Crippen LogP contribution in [0.1, 0.15) is 75.0 Å². The molecule has 0 bridgehead atoms. The van der Waals surface area contributed by atoms with Crippen molar-refractivity contribution in [1.82, 2.24) is 0 Å². The van der Waals surface area contributed by atoms with Crippen LogP contribution in [0.3, 0.4) is 0 Å². The summed E-state index contributed by atoms with van der Waals surface area (Å²) in [6.45, 7) is 10.9. The van der Waals surface area contributed by atoms with Gasteiger partial charge in [0.25, 0.3) is 0 Å². The lowest BCUT2D eigenvalue weighted by atomic mass is 9.85. The van der Waals surface area contributed by atoms with Crippen LogP contribution in [0.2, 0.25) is 0 Å². The summed E-state index contributed by atoms with van der Waals surface area (Å²) in [5, 5.41) is 3.56. The van der Waals surface area contributed by atoms with E-state index in [1.165, 1.54) is 11.3 Å². The number of hydrogen-bond donors (Lipinski definition) is 1. The molecular formula is C18H27NO3S. The van der Waals surface area contributed by atoms with Crippen molar-refractivity contribution in [3.05, 3.63) is 16.5 Å². The summed E-state index contributed by atoms with van der Waals surface area (Å²) in [7, 11) is 0. The topological polar surface area (TPSA) is 55.4 Å². The molecule has 1 aliphatic carbocycles. The van der Waals surface area contributed by atoms with E-state index in [-0.39, 0.29) is 23.2 Å². The molecule has 1 amide bonds. The van der Waals surface area contributed by atoms with E-state index < -0.39 is 0 Å². The van der Waals surface area contributed by atoms with Crippen LogP contribution in [0.25, 0.3) is 0 Å². The number of anilines is 1. The molecule has 0 unspecified atom stereocenters. The molecular weight excluding hydrogens is 310 g/mol. The van der Waals surface area contributed by atoms with Gasteiger partial charge in [-0.3, -0.25) is 4.79 Å². The zero-order valence-electron chi connectivity index (χ0n) is 14.7. The van der Waals surface area contributed by atoms with Gasteiger partial charge in [-0.15, -0.1) is 11.3 Å². The van der Waals surface area contributed by atoms with E-state index in [2.05, 4.69) is 33.0 Å². The number of nitrogens with one attached hydrogen (secondary N) is 1. The summed E-state index contributed by atoms with van der Waals surface area (Å²) < 4.78 is 5.14. The predicted octanol–water partition coefficient (Wildman–Crippen LogP) is 4.81. The van der Waals surface area contributed by atoms with Crippen LogP contribution >= 0.6 is 11.3 Å². The third-order valence-corrected chi connectivity index (χ3v) is 5.12. The third kappa shape index (κ3) is 5.06. The Kier molecular flexibility index (Phi) is 5.50. The standard InChI is InChI=1S/C18H27NO3S/c1-6-22-17(21)13-9-14(11(2)10-18(3,4)5)23-16(13)19-15(20)12-7-8-12/h9,11-12H,6-8,10H2,1-5H3,(H,19,20)/t11-/m0/s1. The van der Waals surface area contributed by atoms with Gasteiger partial charge in [0.05, 0.1) is 12.2 Å². The number of amides is 1. The maximum Gasteiger partial charge on any atom is 0.341 e. The Balaban J connectivity index is 2.22. The average molecular weight is 337 g/mol. The third-order valence-electron chi connectivity index (χ3n) is 3.84. The number of carbonyl (C=O) groups excluding carboxylic acids is 2. The summed E-state index contributed by atoms with van der Waals surface area (Å²) >= 11 is 1.50. The largest absolute Gasteiger partial charge is 0.462 e. The van der Waals surface area contributed by atoms with E-state index in [9.17, 15) is 9.59 Å². The Bertz CT molecular complexity index is 582. The van der Waals surface area contributed by atoms with Crippen LogP contribution in [0.5, 0.6) is 0 Å². The van der Waals surface area contributed by atoms with Gasteiger partial charge in [0.1, 0.15) is 5.00 Å². The van der Waals surface area contributed by atoms with Crippen LogP contribution < -0.4 is 5.32 Å². The van der Waals surface area contributed by atoms with E-state index in [4.69, 9.17) is 4.74 Å². The molecule has 128 valence electrons. The van der Waals surface area contributed by atoms with Gasteiger partial charge in [0.15, 0.2) is 0 Å². The van der Waals surface area contributed by atoms with Crippen molar-refractivity contribution in [3.8, 4) is 0 Å². The van der Waals surface area contributed by atoms with E-state index in [1.807, 2.05) is 6.07 Å². The second-order valence-electron chi connectivity index (χ2n) is 7.54. The number of esters is 1. The average Bonchev–Trinajstić information content (AvgIpc) is 3.18. The monoisotopic (exact) mass is 337 g/mol. The minimum atomic E-state index is -0.357. The van der Waals surface area contributed by atoms with Gasteiger partial charge in [-0.05, 0) is 43.6 Å². The maximum absolute atomic E-state index is 12.2. The molecule has 23 heavy (non-hydrogen) atoms. The Morgan fingerprint density at radius 2 is 2.04 bits per heavy atom. The van der Waals surface area contributed by atoms with Crippen molar-refractivity contribution in [2.75, 3.05) is 11.9 Å². The van der Waals surface area contributed by atoms with Gasteiger partial charge in [0.2, 0.25) is 5.91 Å². The smallest absolute Gasteiger partial charge is 0.341 e. The molecule has 1 atom stereocenters. The summed E-state index contributed by atoms with van der Waals surface area (Å²) in [4.78, 5) is 25.4. The van der Waals surface area contributed by atoms with Crippen molar-refractivity contribution in [3.63, 3.8) is 0 Å². The summed E-state index contributed by atoms with van der Waals surface area (Å²) in [6, 6.07) is 1.89. The van der Waals surface area contributed by atoms with Crippen molar-refractivity contribution < 1.29 is 14.3 Å². The Morgan fingerprint density at radius 1 is 1.39 bits per heavy atom. The number of carbonyl (C=O) groups is 2. The van der Waals surface area contributed by atoms with E-state index in [0.29, 0.717) is 23.1 Å². The lowest BCUT2D eigenvalue weighted by molar-refractivity contribution is -0.117. The van der Waals surface area contributed by atoms with Gasteiger partial charge < -0.3 is 10.1 Å². The maximum atomic E-state index is 12.2. The van der Waals surface area contributed by atoms with Gasteiger partial charge >= 0.3 is 5.97 Å². The van der Waals surface area contributed by atoms with Gasteiger partial charge in [0, 0.05) is 10.8 Å². The van der Waals surface area contributed by atoms with E-state index in [1.54, 1.807) is 6.92 Å². The molecule has 1 fully saturated rings. The molecule has 1 saturated carbocycles. The lowest BCUT2D eigenvalue weighted by Crippen LogP contribution is -2.15. The molecule has 0 aliphatic heterocycles. The number of ether oxygens (including phenoxy) is 1. The van der Waals surface area contributed by atoms with Crippen molar-refractivity contribution in [2.24, 2.45) is 11.3 Å². The van der Waals surface area contributed by atoms with Crippen molar-refractivity contribution in [1.29, 1.82) is 0 Å². The van der Waals surface area contributed by atoms with Gasteiger partial charge in [-0.25, -0.2) is 4.79 Å². The molecule has 4 nitrogen and oxygen atoms in total. The molecule has 1 heterocycles. The minimum absolute atomic E-state index is 0.0208. The van der Waals surface area contributed by atoms with E-state index >= 15 is 0 Å². The van der Waals surface area contributed by atoms with Crippen LogP contribution in [0.15, 0.2) is 6.07 Å². The molecule has 0 radical (unpaired) electrons. The highest BCUT2D eigenvalue weighted by molar-refractivity contribution is 7.16. The molecule has 1 aliphatic rings. The van der Waals surface area contributed by atoms with Crippen LogP contribution in [0, 0.1) is 11.3 Å². The summed E-state index contributed by atoms with van der Waals surface area (Å²) in [5.74, 6) is 0.110. The first-order valence-corrected chi connectivity index (χ1v) is 9.14. The first-order valence-electron chi connectivity index (χ1n) is 8.33. The lowest BCUT2D eigenvalue weighted by Gasteiger charge is -2.22. The van der Waals surface area contributed by atoms with E-state index in [0.717, 1.165) is 24.1 Å². The number of rotatable bonds is 6. The Labute approximate surface area is 142 Å². The van der Waals surface area contributed by atoms with Crippen molar-refractivity contribution in [2.45, 2.75) is 59.8 Å². The molecule has 1 N–H and O–H groups in total. The zero-order valence-corrected chi connectivity index (χ0v) is 15.5. The second kappa shape index (κ2) is 7.04. The zero-order chi connectivity index (χ0) is 17.2. The van der Waals surface area contributed by atoms with Crippen LogP contribution in [-0.4, -0.2) is 18.5 Å². The Morgan fingerprint density at radius 3 is 2.57 bits per heavy atom. The fourth-order valence-corrected chi connectivity index (χ4v) is 3.79. The molecule has 0 saturated heterocycles. The normalized spacial score (nSPS) is 16.0. The highest BCUT2D eigenvalue weighted by Gasteiger charge is 2.31. The molecule has 5 heteroatoms. The van der Waals surface area contributed by atoms with Crippen LogP contribution in [-0.2, 0) is 9.53 Å². The summed E-state index contributed by atoms with van der Waals surface area (Å²) in [6.07, 6.45) is 2.91. The highest BCUT2D eigenvalue weighted by Crippen LogP contribution is 2.39. The second-order valence-corrected chi connectivity index (χ2v) is 8.63. The van der Waals surface area contributed by atoms with Crippen molar-refractivity contribution >= 4 is 28.2 Å². The quantitative estimate of drug-likeness (QED) is 0.758. The fourth-order valence-electron chi connectivity index (χ4n) is 2.68. The van der Waals surface area contributed by atoms with Gasteiger partial charge in [-0.1, -0.05) is 27.7 Å². The Hall–Kier alpha value is -1.36.